The minimum Gasteiger partial charge on any atom is -0.387 e. The van der Waals surface area contributed by atoms with Crippen molar-refractivity contribution in [3.05, 3.63) is 29.3 Å². The molecule has 1 aliphatic heterocycles. The topological polar surface area (TPSA) is 32.3 Å². The molecule has 0 radical (unpaired) electrons. The largest absolute Gasteiger partial charge is 0.387 e. The van der Waals surface area contributed by atoms with E-state index >= 15 is 0 Å². The minimum absolute atomic E-state index is 0.106. The lowest BCUT2D eigenvalue weighted by molar-refractivity contribution is 0.137. The van der Waals surface area contributed by atoms with Crippen molar-refractivity contribution >= 4 is 11.8 Å². The third-order valence-electron chi connectivity index (χ3n) is 3.06. The molecule has 2 unspecified atom stereocenters. The van der Waals surface area contributed by atoms with Gasteiger partial charge in [-0.05, 0) is 37.1 Å². The number of benzene rings is 1. The highest BCUT2D eigenvalue weighted by atomic mass is 32.2. The summed E-state index contributed by atoms with van der Waals surface area (Å²) in [5.41, 5.74) is 2.46. The normalized spacial score (nSPS) is 18.2. The van der Waals surface area contributed by atoms with Crippen LogP contribution in [0.1, 0.15) is 31.1 Å². The van der Waals surface area contributed by atoms with Crippen molar-refractivity contribution in [3.8, 4) is 0 Å². The maximum absolute atomic E-state index is 10.2. The highest BCUT2D eigenvalue weighted by molar-refractivity contribution is 7.99. The minimum atomic E-state index is -0.411. The van der Waals surface area contributed by atoms with Gasteiger partial charge in [0, 0.05) is 16.7 Å². The van der Waals surface area contributed by atoms with E-state index in [-0.39, 0.29) is 6.04 Å². The molecule has 1 aromatic rings. The van der Waals surface area contributed by atoms with Crippen LogP contribution in [0.4, 0.5) is 0 Å². The first-order valence-electron chi connectivity index (χ1n) is 5.89. The third kappa shape index (κ3) is 2.42. The second-order valence-corrected chi connectivity index (χ2v) is 5.39. The van der Waals surface area contributed by atoms with Crippen LogP contribution in [0.3, 0.4) is 0 Å². The Bertz CT molecular complexity index is 367. The number of nitrogens with one attached hydrogen (secondary N) is 1. The second kappa shape index (κ2) is 5.21. The molecule has 1 heterocycles. The second-order valence-electron chi connectivity index (χ2n) is 4.26. The first-order chi connectivity index (χ1) is 7.72. The molecule has 2 nitrogen and oxygen atoms in total. The van der Waals surface area contributed by atoms with Gasteiger partial charge in [0.1, 0.15) is 0 Å². The van der Waals surface area contributed by atoms with Gasteiger partial charge in [0.15, 0.2) is 0 Å². The Morgan fingerprint density at radius 1 is 1.50 bits per heavy atom. The van der Waals surface area contributed by atoms with Crippen molar-refractivity contribution in [2.75, 3.05) is 12.3 Å². The van der Waals surface area contributed by atoms with E-state index in [1.807, 2.05) is 18.7 Å². The van der Waals surface area contributed by atoms with Crippen LogP contribution in [0.15, 0.2) is 23.1 Å². The molecule has 88 valence electrons. The number of hydrogen-bond acceptors (Lipinski definition) is 3. The number of thioether (sulfide) groups is 1. The van der Waals surface area contributed by atoms with E-state index < -0.39 is 6.10 Å². The van der Waals surface area contributed by atoms with Crippen molar-refractivity contribution < 1.29 is 5.11 Å². The summed E-state index contributed by atoms with van der Waals surface area (Å²) in [5, 5.41) is 13.4. The standard InChI is InChI=1S/C13H19NOS/c1-3-14-9(2)13(15)11-5-4-10-6-7-16-12(10)8-11/h4-5,8-9,13-15H,3,6-7H2,1-2H3. The number of aliphatic hydroxyl groups is 1. The average molecular weight is 237 g/mol. The van der Waals surface area contributed by atoms with Gasteiger partial charge < -0.3 is 10.4 Å². The molecule has 1 aliphatic rings. The molecule has 3 heteroatoms. The van der Waals surface area contributed by atoms with E-state index in [4.69, 9.17) is 0 Å². The first-order valence-corrected chi connectivity index (χ1v) is 6.88. The van der Waals surface area contributed by atoms with Crippen molar-refractivity contribution in [1.29, 1.82) is 0 Å². The summed E-state index contributed by atoms with van der Waals surface area (Å²) < 4.78 is 0. The van der Waals surface area contributed by atoms with Gasteiger partial charge in [0.25, 0.3) is 0 Å². The molecule has 0 saturated carbocycles. The molecule has 1 aromatic carbocycles. The molecule has 16 heavy (non-hydrogen) atoms. The van der Waals surface area contributed by atoms with Crippen molar-refractivity contribution in [2.24, 2.45) is 0 Å². The predicted molar refractivity (Wildman–Crippen MR) is 69.0 cm³/mol. The van der Waals surface area contributed by atoms with E-state index in [0.717, 1.165) is 12.1 Å². The molecule has 0 fully saturated rings. The smallest absolute Gasteiger partial charge is 0.0940 e. The highest BCUT2D eigenvalue weighted by Gasteiger charge is 2.18. The van der Waals surface area contributed by atoms with Crippen LogP contribution in [-0.2, 0) is 6.42 Å². The van der Waals surface area contributed by atoms with Gasteiger partial charge in [-0.2, -0.15) is 0 Å². The fourth-order valence-electron chi connectivity index (χ4n) is 2.09. The zero-order valence-corrected chi connectivity index (χ0v) is 10.7. The van der Waals surface area contributed by atoms with E-state index in [9.17, 15) is 5.11 Å². The zero-order chi connectivity index (χ0) is 11.5. The first kappa shape index (κ1) is 12.0. The van der Waals surface area contributed by atoms with Crippen LogP contribution in [-0.4, -0.2) is 23.4 Å². The maximum Gasteiger partial charge on any atom is 0.0940 e. The van der Waals surface area contributed by atoms with Gasteiger partial charge in [-0.1, -0.05) is 19.1 Å². The van der Waals surface area contributed by atoms with E-state index in [0.29, 0.717) is 0 Å². The van der Waals surface area contributed by atoms with Crippen molar-refractivity contribution in [3.63, 3.8) is 0 Å². The monoisotopic (exact) mass is 237 g/mol. The molecular formula is C13H19NOS. The lowest BCUT2D eigenvalue weighted by Crippen LogP contribution is -2.31. The van der Waals surface area contributed by atoms with Crippen LogP contribution < -0.4 is 5.32 Å². The number of aryl methyl sites for hydroxylation is 1. The lowest BCUT2D eigenvalue weighted by Gasteiger charge is -2.20. The fourth-order valence-corrected chi connectivity index (χ4v) is 3.21. The van der Waals surface area contributed by atoms with E-state index in [1.54, 1.807) is 0 Å². The van der Waals surface area contributed by atoms with Gasteiger partial charge in [-0.25, -0.2) is 0 Å². The number of hydrogen-bond donors (Lipinski definition) is 2. The van der Waals surface area contributed by atoms with Crippen LogP contribution in [0.2, 0.25) is 0 Å². The SMILES string of the molecule is CCNC(C)C(O)c1ccc2c(c1)SCC2. The molecule has 0 aromatic heterocycles. The van der Waals surface area contributed by atoms with Crippen LogP contribution in [0.25, 0.3) is 0 Å². The van der Waals surface area contributed by atoms with Crippen LogP contribution in [0.5, 0.6) is 0 Å². The van der Waals surface area contributed by atoms with E-state index in [1.165, 1.54) is 22.6 Å². The Hall–Kier alpha value is -0.510. The zero-order valence-electron chi connectivity index (χ0n) is 9.86. The molecule has 0 saturated heterocycles. The molecule has 0 aliphatic carbocycles. The average Bonchev–Trinajstić information content (AvgIpc) is 2.75. The Morgan fingerprint density at radius 2 is 2.31 bits per heavy atom. The quantitative estimate of drug-likeness (QED) is 0.843. The lowest BCUT2D eigenvalue weighted by atomic mass is 10.0. The third-order valence-corrected chi connectivity index (χ3v) is 4.16. The summed E-state index contributed by atoms with van der Waals surface area (Å²) in [4.78, 5) is 1.35. The van der Waals surface area contributed by atoms with Crippen molar-refractivity contribution in [1.82, 2.24) is 5.32 Å². The molecule has 2 N–H and O–H groups in total. The molecule has 0 spiro atoms. The fraction of sp³-hybridized carbons (Fsp3) is 0.538. The maximum atomic E-state index is 10.2. The summed E-state index contributed by atoms with van der Waals surface area (Å²) >= 11 is 1.89. The Labute approximate surface area is 101 Å². The van der Waals surface area contributed by atoms with Gasteiger partial charge in [0.2, 0.25) is 0 Å². The van der Waals surface area contributed by atoms with Crippen LogP contribution >= 0.6 is 11.8 Å². The van der Waals surface area contributed by atoms with Gasteiger partial charge in [-0.15, -0.1) is 11.8 Å². The number of aliphatic hydroxyl groups excluding tert-OH is 1. The van der Waals surface area contributed by atoms with Crippen LogP contribution in [0, 0.1) is 0 Å². The number of likely N-dealkylation sites (N-methyl/N-ethyl adjacent to an activating group) is 1. The predicted octanol–water partition coefficient (Wildman–Crippen LogP) is 2.37. The summed E-state index contributed by atoms with van der Waals surface area (Å²) in [5.74, 6) is 1.18. The Morgan fingerprint density at radius 3 is 3.06 bits per heavy atom. The Kier molecular flexibility index (Phi) is 3.90. The molecule has 0 bridgehead atoms. The van der Waals surface area contributed by atoms with Crippen molar-refractivity contribution in [2.45, 2.75) is 37.3 Å². The van der Waals surface area contributed by atoms with Gasteiger partial charge in [-0.3, -0.25) is 0 Å². The Balaban J connectivity index is 2.14. The number of fused-ring (bicyclic) bond motifs is 1. The van der Waals surface area contributed by atoms with Gasteiger partial charge >= 0.3 is 0 Å². The summed E-state index contributed by atoms with van der Waals surface area (Å²) in [6.45, 7) is 4.97. The summed E-state index contributed by atoms with van der Waals surface area (Å²) in [6, 6.07) is 6.47. The van der Waals surface area contributed by atoms with E-state index in [2.05, 4.69) is 30.4 Å². The molecule has 2 atom stereocenters. The number of rotatable bonds is 4. The highest BCUT2D eigenvalue weighted by Crippen LogP contribution is 2.33. The summed E-state index contributed by atoms with van der Waals surface area (Å²) in [6.07, 6.45) is 0.755. The summed E-state index contributed by atoms with van der Waals surface area (Å²) in [7, 11) is 0. The molecule has 0 amide bonds. The molecular weight excluding hydrogens is 218 g/mol. The molecule has 2 rings (SSSR count). The van der Waals surface area contributed by atoms with Gasteiger partial charge in [0.05, 0.1) is 6.10 Å².